The molecule has 60 valence electrons. The molecule has 0 spiro atoms. The van der Waals surface area contributed by atoms with Gasteiger partial charge in [-0.2, -0.15) is 0 Å². The average molecular weight is 144 g/mol. The van der Waals surface area contributed by atoms with Crippen molar-refractivity contribution in [3.63, 3.8) is 0 Å². The van der Waals surface area contributed by atoms with Crippen LogP contribution in [0.1, 0.15) is 26.2 Å². The van der Waals surface area contributed by atoms with E-state index < -0.39 is 0 Å². The van der Waals surface area contributed by atoms with Gasteiger partial charge in [-0.15, -0.1) is 0 Å². The first-order valence-electron chi connectivity index (χ1n) is 3.66. The first-order chi connectivity index (χ1) is 4.70. The second-order valence-corrected chi connectivity index (χ2v) is 2.55. The molecule has 0 aromatic carbocycles. The molecule has 2 heteroatoms. The van der Waals surface area contributed by atoms with Crippen molar-refractivity contribution in [3.8, 4) is 0 Å². The van der Waals surface area contributed by atoms with E-state index in [2.05, 4.69) is 6.58 Å². The van der Waals surface area contributed by atoms with Crippen LogP contribution in [-0.2, 0) is 0 Å². The molecular formula is C8H16O2. The van der Waals surface area contributed by atoms with E-state index in [0.717, 1.165) is 12.8 Å². The van der Waals surface area contributed by atoms with Gasteiger partial charge in [0.25, 0.3) is 0 Å². The van der Waals surface area contributed by atoms with E-state index >= 15 is 0 Å². The monoisotopic (exact) mass is 144 g/mol. The summed E-state index contributed by atoms with van der Waals surface area (Å²) in [5, 5.41) is 17.7. The van der Waals surface area contributed by atoms with E-state index in [1.807, 2.05) is 6.92 Å². The minimum absolute atomic E-state index is 0.0131. The van der Waals surface area contributed by atoms with E-state index in [1.54, 1.807) is 0 Å². The van der Waals surface area contributed by atoms with E-state index in [1.165, 1.54) is 0 Å². The molecule has 0 aromatic rings. The van der Waals surface area contributed by atoms with Crippen LogP contribution in [0.5, 0.6) is 0 Å². The molecule has 1 unspecified atom stereocenters. The van der Waals surface area contributed by atoms with Gasteiger partial charge in [0.1, 0.15) is 0 Å². The van der Waals surface area contributed by atoms with Crippen molar-refractivity contribution in [1.29, 1.82) is 0 Å². The molecule has 0 aliphatic carbocycles. The standard InChI is InChI=1S/C8H16O2/c1-3-4-8(10)5-7(2)6-9/h8-10H,2-6H2,1H3. The van der Waals surface area contributed by atoms with Crippen molar-refractivity contribution in [2.24, 2.45) is 0 Å². The summed E-state index contributed by atoms with van der Waals surface area (Å²) in [6.45, 7) is 5.59. The number of hydrogen-bond donors (Lipinski definition) is 2. The zero-order chi connectivity index (χ0) is 7.98. The van der Waals surface area contributed by atoms with E-state index in [0.29, 0.717) is 12.0 Å². The maximum Gasteiger partial charge on any atom is 0.0640 e. The Labute approximate surface area is 62.2 Å². The highest BCUT2D eigenvalue weighted by atomic mass is 16.3. The normalized spacial score (nSPS) is 13.1. The maximum atomic E-state index is 9.18. The molecule has 0 radical (unpaired) electrons. The Morgan fingerprint density at radius 1 is 1.60 bits per heavy atom. The van der Waals surface area contributed by atoms with Gasteiger partial charge in [-0.25, -0.2) is 0 Å². The average Bonchev–Trinajstić information content (AvgIpc) is 1.88. The van der Waals surface area contributed by atoms with Crippen LogP contribution < -0.4 is 0 Å². The first kappa shape index (κ1) is 9.66. The molecule has 0 saturated carbocycles. The molecule has 0 aliphatic rings. The Bertz CT molecular complexity index is 99.4. The molecule has 0 rings (SSSR count). The fourth-order valence-corrected chi connectivity index (χ4v) is 0.833. The van der Waals surface area contributed by atoms with E-state index in [4.69, 9.17) is 5.11 Å². The van der Waals surface area contributed by atoms with Crippen molar-refractivity contribution in [1.82, 2.24) is 0 Å². The lowest BCUT2D eigenvalue weighted by Gasteiger charge is -2.08. The summed E-state index contributed by atoms with van der Waals surface area (Å²) in [5.41, 5.74) is 0.709. The third-order valence-corrected chi connectivity index (χ3v) is 1.37. The number of rotatable bonds is 5. The summed E-state index contributed by atoms with van der Waals surface area (Å²) in [6, 6.07) is 0. The SMILES string of the molecule is C=C(CO)CC(O)CCC. The maximum absolute atomic E-state index is 9.18. The Kier molecular flexibility index (Phi) is 5.26. The topological polar surface area (TPSA) is 40.5 Å². The van der Waals surface area contributed by atoms with Crippen LogP contribution in [0.2, 0.25) is 0 Å². The lowest BCUT2D eigenvalue weighted by atomic mass is 10.1. The van der Waals surface area contributed by atoms with Crippen LogP contribution in [0.4, 0.5) is 0 Å². The fourth-order valence-electron chi connectivity index (χ4n) is 0.833. The lowest BCUT2D eigenvalue weighted by Crippen LogP contribution is -2.07. The van der Waals surface area contributed by atoms with Gasteiger partial charge >= 0.3 is 0 Å². The van der Waals surface area contributed by atoms with Gasteiger partial charge < -0.3 is 10.2 Å². The molecule has 2 N–H and O–H groups in total. The van der Waals surface area contributed by atoms with Gasteiger partial charge in [-0.1, -0.05) is 19.9 Å². The van der Waals surface area contributed by atoms with E-state index in [9.17, 15) is 5.11 Å². The molecular weight excluding hydrogens is 128 g/mol. The third-order valence-electron chi connectivity index (χ3n) is 1.37. The highest BCUT2D eigenvalue weighted by Gasteiger charge is 2.03. The van der Waals surface area contributed by atoms with Crippen LogP contribution >= 0.6 is 0 Å². The van der Waals surface area contributed by atoms with Crippen LogP contribution in [0.15, 0.2) is 12.2 Å². The van der Waals surface area contributed by atoms with Gasteiger partial charge in [0.15, 0.2) is 0 Å². The summed E-state index contributed by atoms with van der Waals surface area (Å²) in [7, 11) is 0. The third kappa shape index (κ3) is 4.53. The molecule has 10 heavy (non-hydrogen) atoms. The molecule has 0 heterocycles. The predicted octanol–water partition coefficient (Wildman–Crippen LogP) is 1.09. The highest BCUT2D eigenvalue weighted by Crippen LogP contribution is 2.06. The zero-order valence-electron chi connectivity index (χ0n) is 6.51. The van der Waals surface area contributed by atoms with Gasteiger partial charge in [0.05, 0.1) is 12.7 Å². The molecule has 0 fully saturated rings. The number of aliphatic hydroxyl groups is 2. The van der Waals surface area contributed by atoms with Crippen molar-refractivity contribution >= 4 is 0 Å². The Hall–Kier alpha value is -0.340. The van der Waals surface area contributed by atoms with E-state index in [-0.39, 0.29) is 12.7 Å². The Balaban J connectivity index is 3.37. The summed E-state index contributed by atoms with van der Waals surface area (Å²) in [4.78, 5) is 0. The van der Waals surface area contributed by atoms with Gasteiger partial charge in [-0.3, -0.25) is 0 Å². The summed E-state index contributed by atoms with van der Waals surface area (Å²) in [5.74, 6) is 0. The first-order valence-corrected chi connectivity index (χ1v) is 3.66. The molecule has 0 bridgehead atoms. The highest BCUT2D eigenvalue weighted by molar-refractivity contribution is 4.95. The second kappa shape index (κ2) is 5.45. The molecule has 0 aromatic heterocycles. The van der Waals surface area contributed by atoms with Crippen molar-refractivity contribution in [2.45, 2.75) is 32.3 Å². The van der Waals surface area contributed by atoms with Gasteiger partial charge in [0.2, 0.25) is 0 Å². The minimum atomic E-state index is -0.315. The van der Waals surface area contributed by atoms with Crippen molar-refractivity contribution < 1.29 is 10.2 Å². The van der Waals surface area contributed by atoms with Gasteiger partial charge in [0, 0.05) is 0 Å². The van der Waals surface area contributed by atoms with Crippen LogP contribution in [0.3, 0.4) is 0 Å². The van der Waals surface area contributed by atoms with Crippen molar-refractivity contribution in [3.05, 3.63) is 12.2 Å². The van der Waals surface area contributed by atoms with Crippen molar-refractivity contribution in [2.75, 3.05) is 6.61 Å². The Morgan fingerprint density at radius 3 is 2.60 bits per heavy atom. The summed E-state index contributed by atoms with van der Waals surface area (Å²) < 4.78 is 0. The largest absolute Gasteiger partial charge is 0.393 e. The quantitative estimate of drug-likeness (QED) is 0.567. The zero-order valence-corrected chi connectivity index (χ0v) is 6.51. The van der Waals surface area contributed by atoms with Crippen LogP contribution in [-0.4, -0.2) is 22.9 Å². The lowest BCUT2D eigenvalue weighted by molar-refractivity contribution is 0.158. The number of aliphatic hydroxyl groups excluding tert-OH is 2. The fraction of sp³-hybridized carbons (Fsp3) is 0.750. The minimum Gasteiger partial charge on any atom is -0.393 e. The smallest absolute Gasteiger partial charge is 0.0640 e. The molecule has 0 aliphatic heterocycles. The second-order valence-electron chi connectivity index (χ2n) is 2.55. The number of hydrogen-bond acceptors (Lipinski definition) is 2. The Morgan fingerprint density at radius 2 is 2.20 bits per heavy atom. The summed E-state index contributed by atoms with van der Waals surface area (Å²) >= 11 is 0. The van der Waals surface area contributed by atoms with Crippen LogP contribution in [0.25, 0.3) is 0 Å². The molecule has 0 amide bonds. The molecule has 1 atom stereocenters. The molecule has 0 saturated heterocycles. The van der Waals surface area contributed by atoms with Gasteiger partial charge in [-0.05, 0) is 18.4 Å². The predicted molar refractivity (Wildman–Crippen MR) is 41.8 cm³/mol. The summed E-state index contributed by atoms with van der Waals surface area (Å²) in [6.07, 6.45) is 1.98. The van der Waals surface area contributed by atoms with Crippen LogP contribution in [0, 0.1) is 0 Å². The molecule has 2 nitrogen and oxygen atoms in total.